The number of carbonyl (C=O) groups is 2. The predicted molar refractivity (Wildman–Crippen MR) is 283 cm³/mol. The number of nitrogens with zero attached hydrogens (tertiary/aromatic N) is 8. The molecule has 338 valence electrons. The van der Waals surface area contributed by atoms with E-state index in [1.54, 1.807) is 12.1 Å². The predicted octanol–water partition coefficient (Wildman–Crippen LogP) is 13.6. The topological polar surface area (TPSA) is 120 Å². The molecule has 13 rings (SSSR count). The minimum atomic E-state index is -0.404. The lowest BCUT2D eigenvalue weighted by Gasteiger charge is -2.16. The van der Waals surface area contributed by atoms with Crippen LogP contribution in [0.2, 0.25) is 0 Å². The van der Waals surface area contributed by atoms with E-state index >= 15 is 0 Å². The molecule has 0 radical (unpaired) electrons. The van der Waals surface area contributed by atoms with Gasteiger partial charge in [0.15, 0.2) is 34.9 Å². The number of fused-ring (bicyclic) bond motifs is 4. The van der Waals surface area contributed by atoms with Gasteiger partial charge in [0.25, 0.3) is 11.8 Å². The molecule has 4 heterocycles. The molecular weight excluding hydrogens is 889 g/mol. The zero-order valence-corrected chi connectivity index (χ0v) is 38.3. The van der Waals surface area contributed by atoms with E-state index in [2.05, 4.69) is 16.7 Å². The van der Waals surface area contributed by atoms with E-state index in [0.29, 0.717) is 57.4 Å². The van der Waals surface area contributed by atoms with Gasteiger partial charge in [0, 0.05) is 44.2 Å². The average molecular weight is 927 g/mol. The number of hydrogen-bond acceptors (Lipinski definition) is 8. The molecule has 72 heavy (non-hydrogen) atoms. The van der Waals surface area contributed by atoms with Gasteiger partial charge >= 0.3 is 0 Å². The zero-order chi connectivity index (χ0) is 48.1. The Balaban J connectivity index is 1.02. The Kier molecular flexibility index (Phi) is 10.2. The first-order valence-electron chi connectivity index (χ1n) is 23.5. The molecule has 10 heteroatoms. The molecule has 0 saturated carbocycles. The van der Waals surface area contributed by atoms with E-state index in [1.165, 1.54) is 4.90 Å². The zero-order valence-electron chi connectivity index (χ0n) is 38.3. The third-order valence-electron chi connectivity index (χ3n) is 13.0. The molecule has 12 aromatic rings. The van der Waals surface area contributed by atoms with Gasteiger partial charge in [-0.25, -0.2) is 34.8 Å². The standard InChI is InChI=1S/C62H38N8O2/c71-61-48-30-17-31-53(54(48)62(72)69(61)47-29-16-28-44(36-47)39-18-6-1-7-19-39)70-51-34-32-45(59-65-55(40-20-8-2-9-21-40)63-56(66-59)41-22-10-3-11-23-41)37-49(51)50-38-46(33-35-52(50)70)60-67-57(42-24-12-4-13-25-42)64-58(68-60)43-26-14-5-15-27-43/h1-38H. The summed E-state index contributed by atoms with van der Waals surface area (Å²) in [4.78, 5) is 60.9. The van der Waals surface area contributed by atoms with Crippen molar-refractivity contribution in [3.05, 3.63) is 242 Å². The molecule has 2 amide bonds. The van der Waals surface area contributed by atoms with Crippen LogP contribution in [0, 0.1) is 0 Å². The van der Waals surface area contributed by atoms with Gasteiger partial charge in [-0.3, -0.25) is 9.59 Å². The van der Waals surface area contributed by atoms with E-state index in [0.717, 1.165) is 66.3 Å². The van der Waals surface area contributed by atoms with Crippen LogP contribution in [0.3, 0.4) is 0 Å². The summed E-state index contributed by atoms with van der Waals surface area (Å²) in [5, 5.41) is 1.71. The number of imide groups is 1. The summed E-state index contributed by atoms with van der Waals surface area (Å²) >= 11 is 0. The van der Waals surface area contributed by atoms with Crippen LogP contribution in [0.15, 0.2) is 231 Å². The number of anilines is 1. The van der Waals surface area contributed by atoms with E-state index in [1.807, 2.05) is 206 Å². The lowest BCUT2D eigenvalue weighted by Crippen LogP contribution is -2.29. The number of benzene rings is 9. The van der Waals surface area contributed by atoms with Crippen LogP contribution < -0.4 is 4.90 Å². The van der Waals surface area contributed by atoms with Crippen LogP contribution in [-0.2, 0) is 0 Å². The first kappa shape index (κ1) is 42.1. The lowest BCUT2D eigenvalue weighted by atomic mass is 10.0. The maximum Gasteiger partial charge on any atom is 0.268 e. The van der Waals surface area contributed by atoms with Crippen LogP contribution in [-0.4, -0.2) is 46.3 Å². The molecule has 0 spiro atoms. The van der Waals surface area contributed by atoms with Crippen molar-refractivity contribution in [2.24, 2.45) is 0 Å². The van der Waals surface area contributed by atoms with E-state index in [4.69, 9.17) is 29.9 Å². The smallest absolute Gasteiger partial charge is 0.268 e. The molecule has 3 aromatic heterocycles. The molecule has 0 fully saturated rings. The number of carbonyl (C=O) groups excluding carboxylic acids is 2. The van der Waals surface area contributed by atoms with Crippen LogP contribution in [0.1, 0.15) is 20.7 Å². The molecule has 10 nitrogen and oxygen atoms in total. The third-order valence-corrected chi connectivity index (χ3v) is 13.0. The van der Waals surface area contributed by atoms with Gasteiger partial charge in [-0.1, -0.05) is 170 Å². The number of aromatic nitrogens is 7. The van der Waals surface area contributed by atoms with Crippen LogP contribution in [0.4, 0.5) is 5.69 Å². The van der Waals surface area contributed by atoms with Gasteiger partial charge < -0.3 is 4.57 Å². The van der Waals surface area contributed by atoms with Gasteiger partial charge in [-0.05, 0) is 71.8 Å². The maximum atomic E-state index is 15.0. The fourth-order valence-electron chi connectivity index (χ4n) is 9.58. The summed E-state index contributed by atoms with van der Waals surface area (Å²) in [6.45, 7) is 0. The van der Waals surface area contributed by atoms with E-state index in [9.17, 15) is 9.59 Å². The summed E-state index contributed by atoms with van der Waals surface area (Å²) in [5.41, 5.74) is 10.2. The highest BCUT2D eigenvalue weighted by atomic mass is 16.2. The van der Waals surface area contributed by atoms with Crippen molar-refractivity contribution in [3.8, 4) is 85.1 Å². The lowest BCUT2D eigenvalue weighted by molar-refractivity contribution is 0.0926. The minimum absolute atomic E-state index is 0.314. The van der Waals surface area contributed by atoms with Crippen molar-refractivity contribution in [2.45, 2.75) is 0 Å². The molecule has 0 saturated heterocycles. The minimum Gasteiger partial charge on any atom is -0.308 e. The maximum absolute atomic E-state index is 15.0. The van der Waals surface area contributed by atoms with Crippen molar-refractivity contribution in [2.75, 3.05) is 4.90 Å². The van der Waals surface area contributed by atoms with Gasteiger partial charge in [0.2, 0.25) is 0 Å². The molecule has 0 unspecified atom stereocenters. The summed E-state index contributed by atoms with van der Waals surface area (Å²) < 4.78 is 2.07. The van der Waals surface area contributed by atoms with Crippen molar-refractivity contribution in [1.29, 1.82) is 0 Å². The fraction of sp³-hybridized carbons (Fsp3) is 0. The van der Waals surface area contributed by atoms with Gasteiger partial charge in [0.1, 0.15) is 0 Å². The van der Waals surface area contributed by atoms with E-state index < -0.39 is 5.91 Å². The molecule has 1 aliphatic rings. The Bertz CT molecular complexity index is 3770. The second-order valence-corrected chi connectivity index (χ2v) is 17.4. The van der Waals surface area contributed by atoms with Crippen molar-refractivity contribution < 1.29 is 9.59 Å². The number of hydrogen-bond donors (Lipinski definition) is 0. The highest BCUT2D eigenvalue weighted by Crippen LogP contribution is 2.41. The number of rotatable bonds is 9. The summed E-state index contributed by atoms with van der Waals surface area (Å²) in [6, 6.07) is 74.7. The summed E-state index contributed by atoms with van der Waals surface area (Å²) in [6.07, 6.45) is 0. The third kappa shape index (κ3) is 7.38. The molecule has 0 bridgehead atoms. The Morgan fingerprint density at radius 2 is 0.667 bits per heavy atom. The largest absolute Gasteiger partial charge is 0.308 e. The second kappa shape index (κ2) is 17.5. The molecule has 1 aliphatic heterocycles. The summed E-state index contributed by atoms with van der Waals surface area (Å²) in [5.74, 6) is 2.38. The van der Waals surface area contributed by atoms with Crippen LogP contribution >= 0.6 is 0 Å². The molecule has 0 atom stereocenters. The van der Waals surface area contributed by atoms with Crippen LogP contribution in [0.5, 0.6) is 0 Å². The molecule has 0 N–H and O–H groups in total. The SMILES string of the molecule is O=C1c2cccc(-n3c4ccc(-c5nc(-c6ccccc6)nc(-c6ccccc6)n5)cc4c4cc(-c5nc(-c6ccccc6)nc(-c6ccccc6)n5)ccc43)c2C(=O)N1c1cccc(-c2ccccc2)c1. The normalized spacial score (nSPS) is 12.2. The average Bonchev–Trinajstić information content (AvgIpc) is 3.92. The second-order valence-electron chi connectivity index (χ2n) is 17.4. The van der Waals surface area contributed by atoms with Gasteiger partial charge in [-0.15, -0.1) is 0 Å². The molecule has 9 aromatic carbocycles. The fourth-order valence-corrected chi connectivity index (χ4v) is 9.58. The van der Waals surface area contributed by atoms with Crippen LogP contribution in [0.25, 0.3) is 107 Å². The monoisotopic (exact) mass is 926 g/mol. The van der Waals surface area contributed by atoms with Crippen molar-refractivity contribution in [1.82, 2.24) is 34.5 Å². The Morgan fingerprint density at radius 1 is 0.292 bits per heavy atom. The quantitative estimate of drug-likeness (QED) is 0.131. The highest BCUT2D eigenvalue weighted by molar-refractivity contribution is 6.36. The molecule has 0 aliphatic carbocycles. The Hall–Kier alpha value is -10.1. The summed E-state index contributed by atoms with van der Waals surface area (Å²) in [7, 11) is 0. The highest BCUT2D eigenvalue weighted by Gasteiger charge is 2.39. The Labute approximate surface area is 413 Å². The molecular formula is C62H38N8O2. The number of amides is 2. The van der Waals surface area contributed by atoms with Crippen molar-refractivity contribution in [3.63, 3.8) is 0 Å². The van der Waals surface area contributed by atoms with Gasteiger partial charge in [-0.2, -0.15) is 0 Å². The van der Waals surface area contributed by atoms with Gasteiger partial charge in [0.05, 0.1) is 33.5 Å². The van der Waals surface area contributed by atoms with Crippen molar-refractivity contribution >= 4 is 39.3 Å². The van der Waals surface area contributed by atoms with E-state index in [-0.39, 0.29) is 5.91 Å². The first-order chi connectivity index (χ1) is 35.5. The first-order valence-corrected chi connectivity index (χ1v) is 23.5. The Morgan fingerprint density at radius 3 is 1.10 bits per heavy atom.